The van der Waals surface area contributed by atoms with Gasteiger partial charge in [0.25, 0.3) is 0 Å². The van der Waals surface area contributed by atoms with Crippen molar-refractivity contribution in [1.29, 1.82) is 0 Å². The smallest absolute Gasteiger partial charge is 0.227 e. The van der Waals surface area contributed by atoms with Gasteiger partial charge in [-0.2, -0.15) is 0 Å². The molecule has 0 aliphatic carbocycles. The number of ether oxygens (including phenoxy) is 1. The highest BCUT2D eigenvalue weighted by molar-refractivity contribution is 5.95. The van der Waals surface area contributed by atoms with E-state index in [1.807, 2.05) is 24.0 Å². The van der Waals surface area contributed by atoms with E-state index in [0.717, 1.165) is 49.7 Å². The number of guanidine groups is 1. The molecule has 150 valence electrons. The van der Waals surface area contributed by atoms with Gasteiger partial charge in [0.05, 0.1) is 6.10 Å². The minimum atomic E-state index is 0.220. The van der Waals surface area contributed by atoms with Crippen LogP contribution < -0.4 is 15.5 Å². The quantitative estimate of drug-likeness (QED) is 0.515. The molecule has 0 spiro atoms. The number of amides is 1. The van der Waals surface area contributed by atoms with Crippen LogP contribution >= 0.6 is 0 Å². The third-order valence-electron chi connectivity index (χ3n) is 4.85. The monoisotopic (exact) mass is 374 g/mol. The van der Waals surface area contributed by atoms with Crippen LogP contribution in [0, 0.1) is 5.92 Å². The van der Waals surface area contributed by atoms with Gasteiger partial charge in [0, 0.05) is 45.4 Å². The molecule has 1 amide bonds. The molecule has 1 atom stereocenters. The van der Waals surface area contributed by atoms with Gasteiger partial charge in [0.1, 0.15) is 0 Å². The highest BCUT2D eigenvalue weighted by Crippen LogP contribution is 2.21. The lowest BCUT2D eigenvalue weighted by atomic mass is 10.0. The average molecular weight is 375 g/mol. The molecule has 27 heavy (non-hydrogen) atoms. The van der Waals surface area contributed by atoms with Crippen LogP contribution in [0.5, 0.6) is 0 Å². The van der Waals surface area contributed by atoms with E-state index in [2.05, 4.69) is 41.6 Å². The molecule has 1 saturated heterocycles. The van der Waals surface area contributed by atoms with Crippen molar-refractivity contribution in [3.63, 3.8) is 0 Å². The predicted molar refractivity (Wildman–Crippen MR) is 111 cm³/mol. The number of aliphatic imine (C=N–C) groups is 1. The molecule has 6 heteroatoms. The molecule has 1 aromatic rings. The summed E-state index contributed by atoms with van der Waals surface area (Å²) in [6.07, 6.45) is 2.82. The summed E-state index contributed by atoms with van der Waals surface area (Å²) >= 11 is 0. The van der Waals surface area contributed by atoms with Gasteiger partial charge >= 0.3 is 0 Å². The summed E-state index contributed by atoms with van der Waals surface area (Å²) in [5, 5.41) is 6.69. The lowest BCUT2D eigenvalue weighted by Gasteiger charge is -2.21. The maximum absolute atomic E-state index is 11.8. The zero-order chi connectivity index (χ0) is 19.6. The van der Waals surface area contributed by atoms with Crippen molar-refractivity contribution >= 4 is 17.6 Å². The average Bonchev–Trinajstić information content (AvgIpc) is 3.09. The molecule has 1 aliphatic rings. The Hall–Kier alpha value is -2.08. The Morgan fingerprint density at radius 2 is 2.00 bits per heavy atom. The Balaban J connectivity index is 1.77. The van der Waals surface area contributed by atoms with Crippen molar-refractivity contribution in [2.75, 3.05) is 31.6 Å². The largest absolute Gasteiger partial charge is 0.378 e. The maximum Gasteiger partial charge on any atom is 0.227 e. The van der Waals surface area contributed by atoms with E-state index in [4.69, 9.17) is 4.74 Å². The molecule has 0 radical (unpaired) electrons. The van der Waals surface area contributed by atoms with Crippen LogP contribution in [-0.2, 0) is 16.1 Å². The number of nitrogens with zero attached hydrogens (tertiary/aromatic N) is 2. The minimum Gasteiger partial charge on any atom is -0.378 e. The Morgan fingerprint density at radius 3 is 2.56 bits per heavy atom. The molecular weight excluding hydrogens is 340 g/mol. The highest BCUT2D eigenvalue weighted by atomic mass is 16.5. The van der Waals surface area contributed by atoms with Crippen molar-refractivity contribution in [3.8, 4) is 0 Å². The summed E-state index contributed by atoms with van der Waals surface area (Å²) in [5.74, 6) is 1.51. The van der Waals surface area contributed by atoms with Gasteiger partial charge in [-0.05, 0) is 43.4 Å². The number of carbonyl (C=O) groups is 1. The van der Waals surface area contributed by atoms with Gasteiger partial charge in [-0.3, -0.25) is 9.79 Å². The van der Waals surface area contributed by atoms with E-state index < -0.39 is 0 Å². The number of anilines is 1. The molecule has 6 nitrogen and oxygen atoms in total. The summed E-state index contributed by atoms with van der Waals surface area (Å²) in [4.78, 5) is 18.0. The summed E-state index contributed by atoms with van der Waals surface area (Å²) in [7, 11) is 1.78. The molecule has 1 fully saturated rings. The van der Waals surface area contributed by atoms with Gasteiger partial charge in [-0.25, -0.2) is 0 Å². The summed E-state index contributed by atoms with van der Waals surface area (Å²) in [6, 6.07) is 8.16. The first-order valence-electron chi connectivity index (χ1n) is 10.0. The number of hydrogen-bond acceptors (Lipinski definition) is 3. The maximum atomic E-state index is 11.8. The molecule has 1 unspecified atom stereocenters. The highest BCUT2D eigenvalue weighted by Gasteiger charge is 2.21. The third kappa shape index (κ3) is 6.54. The Labute approximate surface area is 163 Å². The lowest BCUT2D eigenvalue weighted by Crippen LogP contribution is -2.38. The van der Waals surface area contributed by atoms with Crippen molar-refractivity contribution in [2.45, 2.75) is 52.7 Å². The van der Waals surface area contributed by atoms with E-state index in [-0.39, 0.29) is 12.0 Å². The Bertz CT molecular complexity index is 613. The van der Waals surface area contributed by atoms with Gasteiger partial charge in [-0.15, -0.1) is 0 Å². The van der Waals surface area contributed by atoms with E-state index in [9.17, 15) is 4.79 Å². The van der Waals surface area contributed by atoms with Crippen molar-refractivity contribution in [3.05, 3.63) is 29.8 Å². The third-order valence-corrected chi connectivity index (χ3v) is 4.85. The van der Waals surface area contributed by atoms with Crippen molar-refractivity contribution in [2.24, 2.45) is 10.9 Å². The molecule has 1 heterocycles. The van der Waals surface area contributed by atoms with E-state index in [1.54, 1.807) is 7.05 Å². The normalized spacial score (nSPS) is 16.1. The fourth-order valence-corrected chi connectivity index (χ4v) is 3.28. The topological polar surface area (TPSA) is 66.0 Å². The minimum absolute atomic E-state index is 0.220. The van der Waals surface area contributed by atoms with E-state index in [0.29, 0.717) is 18.9 Å². The Morgan fingerprint density at radius 1 is 1.26 bits per heavy atom. The number of hydrogen-bond donors (Lipinski definition) is 2. The van der Waals surface area contributed by atoms with Crippen LogP contribution in [0.4, 0.5) is 5.69 Å². The van der Waals surface area contributed by atoms with Crippen LogP contribution in [0.2, 0.25) is 0 Å². The number of carbonyl (C=O) groups excluding carboxylic acids is 1. The molecule has 0 bridgehead atoms. The van der Waals surface area contributed by atoms with Crippen molar-refractivity contribution in [1.82, 2.24) is 10.6 Å². The molecular formula is C21H34N4O2. The van der Waals surface area contributed by atoms with Crippen LogP contribution in [0.15, 0.2) is 29.3 Å². The summed E-state index contributed by atoms with van der Waals surface area (Å²) < 4.78 is 5.78. The van der Waals surface area contributed by atoms with Crippen LogP contribution in [-0.4, -0.2) is 44.7 Å². The molecule has 1 aromatic carbocycles. The second-order valence-corrected chi connectivity index (χ2v) is 7.19. The van der Waals surface area contributed by atoms with Gasteiger partial charge in [0.2, 0.25) is 5.91 Å². The molecule has 1 aliphatic heterocycles. The van der Waals surface area contributed by atoms with Gasteiger partial charge < -0.3 is 20.3 Å². The first kappa shape index (κ1) is 21.2. The standard InChI is InChI=1S/C21H34N4O2/c1-5-27-19(16(2)3)12-13-23-21(22-4)24-15-17-8-10-18(11-9-17)25-14-6-7-20(25)26/h8-11,16,19H,5-7,12-15H2,1-4H3,(H2,22,23,24). The number of rotatable bonds is 9. The van der Waals surface area contributed by atoms with Crippen LogP contribution in [0.25, 0.3) is 0 Å². The first-order valence-corrected chi connectivity index (χ1v) is 10.0. The lowest BCUT2D eigenvalue weighted by molar-refractivity contribution is -0.117. The first-order chi connectivity index (χ1) is 13.0. The van der Waals surface area contributed by atoms with E-state index >= 15 is 0 Å². The Kier molecular flexibility index (Phi) is 8.58. The molecule has 0 saturated carbocycles. The SMILES string of the molecule is CCOC(CCNC(=NC)NCc1ccc(N2CCCC2=O)cc1)C(C)C. The number of nitrogens with one attached hydrogen (secondary N) is 2. The fraction of sp³-hybridized carbons (Fsp3) is 0.619. The zero-order valence-electron chi connectivity index (χ0n) is 17.1. The van der Waals surface area contributed by atoms with Gasteiger partial charge in [0.15, 0.2) is 5.96 Å². The second kappa shape index (κ2) is 10.9. The molecule has 2 N–H and O–H groups in total. The van der Waals surface area contributed by atoms with Gasteiger partial charge in [-0.1, -0.05) is 26.0 Å². The summed E-state index contributed by atoms with van der Waals surface area (Å²) in [6.45, 7) is 9.49. The molecule has 2 rings (SSSR count). The predicted octanol–water partition coefficient (Wildman–Crippen LogP) is 2.93. The van der Waals surface area contributed by atoms with Crippen molar-refractivity contribution < 1.29 is 9.53 Å². The van der Waals surface area contributed by atoms with Crippen LogP contribution in [0.1, 0.15) is 45.6 Å². The zero-order valence-corrected chi connectivity index (χ0v) is 17.1. The molecule has 0 aromatic heterocycles. The summed E-state index contributed by atoms with van der Waals surface area (Å²) in [5.41, 5.74) is 2.14. The second-order valence-electron chi connectivity index (χ2n) is 7.19. The van der Waals surface area contributed by atoms with Crippen LogP contribution in [0.3, 0.4) is 0 Å². The van der Waals surface area contributed by atoms with E-state index in [1.165, 1.54) is 0 Å². The number of benzene rings is 1. The fourth-order valence-electron chi connectivity index (χ4n) is 3.28.